The number of nitrogens with zero attached hydrogens (tertiary/aromatic N) is 1. The molecule has 1 saturated carbocycles. The van der Waals surface area contributed by atoms with Crippen LogP contribution in [0.5, 0.6) is 0 Å². The van der Waals surface area contributed by atoms with Gasteiger partial charge >= 0.3 is 5.97 Å². The summed E-state index contributed by atoms with van der Waals surface area (Å²) >= 11 is 0. The molecule has 2 heterocycles. The van der Waals surface area contributed by atoms with E-state index in [-0.39, 0.29) is 23.4 Å². The van der Waals surface area contributed by atoms with Gasteiger partial charge in [0.2, 0.25) is 5.60 Å². The molecule has 3 rings (SSSR count). The first-order chi connectivity index (χ1) is 9.93. The minimum atomic E-state index is -0.874. The summed E-state index contributed by atoms with van der Waals surface area (Å²) in [4.78, 5) is 18.3. The Labute approximate surface area is 126 Å². The first-order valence-corrected chi connectivity index (χ1v) is 7.99. The predicted octanol–water partition coefficient (Wildman–Crippen LogP) is 2.68. The summed E-state index contributed by atoms with van der Waals surface area (Å²) in [6, 6.07) is 0. The fourth-order valence-corrected chi connectivity index (χ4v) is 3.65. The molecule has 3 aliphatic rings. The molecule has 0 radical (unpaired) electrons. The van der Waals surface area contributed by atoms with E-state index in [1.54, 1.807) is 0 Å². The van der Waals surface area contributed by atoms with Gasteiger partial charge in [-0.1, -0.05) is 25.9 Å². The molecule has 0 bridgehead atoms. The summed E-state index contributed by atoms with van der Waals surface area (Å²) in [5, 5.41) is 4.25. The summed E-state index contributed by atoms with van der Waals surface area (Å²) in [7, 11) is 0. The average Bonchev–Trinajstić information content (AvgIpc) is 3.10. The fraction of sp³-hybridized carbons (Fsp3) is 0.875. The zero-order chi connectivity index (χ0) is 15.1. The number of fused-ring (bicyclic) bond motifs is 1. The molecule has 5 heteroatoms. The SMILES string of the molecule is CC(C)(C)C1=NOC2(C(=O)OCC3CCCO3)CCCC12. The zero-order valence-electron chi connectivity index (χ0n) is 13.2. The highest BCUT2D eigenvalue weighted by Gasteiger charge is 2.60. The lowest BCUT2D eigenvalue weighted by atomic mass is 9.76. The van der Waals surface area contributed by atoms with Gasteiger partial charge in [-0.3, -0.25) is 0 Å². The van der Waals surface area contributed by atoms with Crippen molar-refractivity contribution in [3.05, 3.63) is 0 Å². The Bertz CT molecular complexity index is 448. The number of rotatable bonds is 3. The van der Waals surface area contributed by atoms with Crippen LogP contribution in [0.4, 0.5) is 0 Å². The van der Waals surface area contributed by atoms with E-state index in [4.69, 9.17) is 14.3 Å². The van der Waals surface area contributed by atoms with Gasteiger partial charge in [0.1, 0.15) is 6.61 Å². The van der Waals surface area contributed by atoms with Crippen LogP contribution in [0.25, 0.3) is 0 Å². The van der Waals surface area contributed by atoms with E-state index in [1.165, 1.54) is 0 Å². The maximum absolute atomic E-state index is 12.6. The minimum absolute atomic E-state index is 0.0506. The number of carbonyl (C=O) groups excluding carboxylic acids is 1. The molecule has 0 spiro atoms. The lowest BCUT2D eigenvalue weighted by molar-refractivity contribution is -0.174. The average molecular weight is 295 g/mol. The molecule has 5 nitrogen and oxygen atoms in total. The number of esters is 1. The van der Waals surface area contributed by atoms with E-state index >= 15 is 0 Å². The summed E-state index contributed by atoms with van der Waals surface area (Å²) in [6.07, 6.45) is 4.69. The highest BCUT2D eigenvalue weighted by molar-refractivity contribution is 5.99. The van der Waals surface area contributed by atoms with E-state index in [2.05, 4.69) is 25.9 Å². The third kappa shape index (κ3) is 2.56. The van der Waals surface area contributed by atoms with E-state index in [0.717, 1.165) is 38.0 Å². The minimum Gasteiger partial charge on any atom is -0.460 e. The van der Waals surface area contributed by atoms with Crippen LogP contribution in [0.15, 0.2) is 5.16 Å². The number of ether oxygens (including phenoxy) is 2. The molecule has 2 fully saturated rings. The molecule has 0 aromatic carbocycles. The van der Waals surface area contributed by atoms with Crippen molar-refractivity contribution in [3.8, 4) is 0 Å². The third-order valence-electron chi connectivity index (χ3n) is 4.78. The van der Waals surface area contributed by atoms with Gasteiger partial charge in [-0.25, -0.2) is 4.79 Å². The van der Waals surface area contributed by atoms with Crippen LogP contribution in [0.3, 0.4) is 0 Å². The van der Waals surface area contributed by atoms with E-state index < -0.39 is 5.60 Å². The molecule has 0 amide bonds. The van der Waals surface area contributed by atoms with Crippen molar-refractivity contribution in [2.75, 3.05) is 13.2 Å². The molecule has 2 aliphatic heterocycles. The van der Waals surface area contributed by atoms with Crippen molar-refractivity contribution < 1.29 is 19.1 Å². The molecule has 3 unspecified atom stereocenters. The van der Waals surface area contributed by atoms with Crippen LogP contribution in [-0.4, -0.2) is 36.6 Å². The lowest BCUT2D eigenvalue weighted by Crippen LogP contribution is -2.46. The first-order valence-electron chi connectivity index (χ1n) is 7.99. The summed E-state index contributed by atoms with van der Waals surface area (Å²) in [5.74, 6) is -0.196. The molecular weight excluding hydrogens is 270 g/mol. The van der Waals surface area contributed by atoms with Crippen molar-refractivity contribution in [1.82, 2.24) is 0 Å². The number of hydrogen-bond donors (Lipinski definition) is 0. The molecule has 0 N–H and O–H groups in total. The van der Waals surface area contributed by atoms with Crippen molar-refractivity contribution in [2.45, 2.75) is 64.6 Å². The van der Waals surface area contributed by atoms with Crippen molar-refractivity contribution in [1.29, 1.82) is 0 Å². The summed E-state index contributed by atoms with van der Waals surface area (Å²) in [5.41, 5.74) is 0.0429. The second-order valence-corrected chi connectivity index (χ2v) is 7.39. The number of carbonyl (C=O) groups is 1. The molecular formula is C16H25NO4. The largest absolute Gasteiger partial charge is 0.460 e. The molecule has 1 saturated heterocycles. The Balaban J connectivity index is 1.67. The third-order valence-corrected chi connectivity index (χ3v) is 4.78. The van der Waals surface area contributed by atoms with Crippen LogP contribution < -0.4 is 0 Å². The second kappa shape index (κ2) is 5.27. The highest BCUT2D eigenvalue weighted by atomic mass is 16.7. The van der Waals surface area contributed by atoms with Gasteiger partial charge in [-0.2, -0.15) is 0 Å². The molecule has 0 aromatic rings. The second-order valence-electron chi connectivity index (χ2n) is 7.39. The van der Waals surface area contributed by atoms with Gasteiger partial charge < -0.3 is 14.3 Å². The maximum Gasteiger partial charge on any atom is 0.354 e. The van der Waals surface area contributed by atoms with Crippen molar-refractivity contribution >= 4 is 11.7 Å². The van der Waals surface area contributed by atoms with Crippen molar-refractivity contribution in [2.24, 2.45) is 16.5 Å². The smallest absolute Gasteiger partial charge is 0.354 e. The Kier molecular flexibility index (Phi) is 3.72. The Morgan fingerprint density at radius 1 is 1.38 bits per heavy atom. The topological polar surface area (TPSA) is 57.1 Å². The molecule has 3 atom stereocenters. The van der Waals surface area contributed by atoms with Crippen molar-refractivity contribution in [3.63, 3.8) is 0 Å². The normalized spacial score (nSPS) is 35.3. The van der Waals surface area contributed by atoms with Gasteiger partial charge in [0.05, 0.1) is 17.7 Å². The molecule has 0 aromatic heterocycles. The van der Waals surface area contributed by atoms with E-state index in [9.17, 15) is 4.79 Å². The highest BCUT2D eigenvalue weighted by Crippen LogP contribution is 2.48. The maximum atomic E-state index is 12.6. The Morgan fingerprint density at radius 3 is 2.86 bits per heavy atom. The van der Waals surface area contributed by atoms with E-state index in [1.807, 2.05) is 0 Å². The summed E-state index contributed by atoms with van der Waals surface area (Å²) in [6.45, 7) is 7.44. The molecule has 1 aliphatic carbocycles. The van der Waals surface area contributed by atoms with Gasteiger partial charge in [-0.05, 0) is 25.7 Å². The lowest BCUT2D eigenvalue weighted by Gasteiger charge is -2.28. The molecule has 21 heavy (non-hydrogen) atoms. The number of hydrogen-bond acceptors (Lipinski definition) is 5. The van der Waals surface area contributed by atoms with Crippen LogP contribution in [-0.2, 0) is 19.1 Å². The molecule has 118 valence electrons. The number of oxime groups is 1. The summed E-state index contributed by atoms with van der Waals surface area (Å²) < 4.78 is 11.0. The Hall–Kier alpha value is -1.10. The van der Waals surface area contributed by atoms with Gasteiger partial charge in [-0.15, -0.1) is 0 Å². The quantitative estimate of drug-likeness (QED) is 0.751. The van der Waals surface area contributed by atoms with Gasteiger partial charge in [0.15, 0.2) is 0 Å². The monoisotopic (exact) mass is 295 g/mol. The van der Waals surface area contributed by atoms with Gasteiger partial charge in [0.25, 0.3) is 0 Å². The van der Waals surface area contributed by atoms with Crippen LogP contribution in [0.1, 0.15) is 52.9 Å². The standard InChI is InChI=1S/C16H25NO4/c1-15(2,3)13-12-7-4-8-16(12,21-17-13)14(18)20-10-11-6-5-9-19-11/h11-12H,4-10H2,1-3H3. The Morgan fingerprint density at radius 2 is 2.19 bits per heavy atom. The zero-order valence-corrected chi connectivity index (χ0v) is 13.2. The fourth-order valence-electron chi connectivity index (χ4n) is 3.65. The first kappa shape index (κ1) is 14.8. The van der Waals surface area contributed by atoms with Gasteiger partial charge in [0, 0.05) is 18.4 Å². The van der Waals surface area contributed by atoms with E-state index in [0.29, 0.717) is 13.0 Å². The van der Waals surface area contributed by atoms with Crippen LogP contribution >= 0.6 is 0 Å². The van der Waals surface area contributed by atoms with Crippen LogP contribution in [0, 0.1) is 11.3 Å². The predicted molar refractivity (Wildman–Crippen MR) is 78.0 cm³/mol. The van der Waals surface area contributed by atoms with Crippen LogP contribution in [0.2, 0.25) is 0 Å².